The zero-order chi connectivity index (χ0) is 18.4. The van der Waals surface area contributed by atoms with Crippen LogP contribution in [0.15, 0.2) is 47.0 Å². The van der Waals surface area contributed by atoms with Crippen LogP contribution in [-0.4, -0.2) is 47.7 Å². The number of pyridine rings is 1. The largest absolute Gasteiger partial charge is 0.481 e. The summed E-state index contributed by atoms with van der Waals surface area (Å²) in [6, 6.07) is 11.8. The third-order valence-electron chi connectivity index (χ3n) is 3.89. The van der Waals surface area contributed by atoms with Gasteiger partial charge in [0.05, 0.1) is 20.8 Å². The number of nitrogens with zero attached hydrogens (tertiary/aromatic N) is 4. The van der Waals surface area contributed by atoms with Crippen molar-refractivity contribution in [2.45, 2.75) is 13.0 Å². The molecule has 0 saturated heterocycles. The zero-order valence-corrected chi connectivity index (χ0v) is 15.2. The monoisotopic (exact) mass is 354 g/mol. The van der Waals surface area contributed by atoms with Gasteiger partial charge in [-0.15, -0.1) is 0 Å². The highest BCUT2D eigenvalue weighted by atomic mass is 16.5. The molecule has 0 saturated carbocycles. The Morgan fingerprint density at radius 2 is 1.96 bits per heavy atom. The van der Waals surface area contributed by atoms with Gasteiger partial charge in [0.15, 0.2) is 5.76 Å². The van der Waals surface area contributed by atoms with Crippen LogP contribution >= 0.6 is 0 Å². The first-order chi connectivity index (χ1) is 12.7. The maximum absolute atomic E-state index is 5.93. The Balaban J connectivity index is 1.64. The van der Waals surface area contributed by atoms with Gasteiger partial charge < -0.3 is 13.9 Å². The molecule has 0 fully saturated rings. The minimum Gasteiger partial charge on any atom is -0.481 e. The molecule has 0 N–H and O–H groups in total. The number of methoxy groups -OCH3 is 2. The summed E-state index contributed by atoms with van der Waals surface area (Å²) in [6.07, 6.45) is 2.71. The van der Waals surface area contributed by atoms with Crippen molar-refractivity contribution in [3.8, 4) is 23.3 Å². The van der Waals surface area contributed by atoms with Crippen molar-refractivity contribution in [1.29, 1.82) is 0 Å². The van der Waals surface area contributed by atoms with E-state index in [0.717, 1.165) is 24.4 Å². The van der Waals surface area contributed by atoms with Crippen LogP contribution in [0.5, 0.6) is 11.9 Å². The maximum atomic E-state index is 5.93. The highest BCUT2D eigenvalue weighted by molar-refractivity contribution is 5.54. The Bertz CT molecular complexity index is 814. The van der Waals surface area contributed by atoms with E-state index in [1.807, 2.05) is 36.5 Å². The lowest BCUT2D eigenvalue weighted by Crippen LogP contribution is -2.20. The molecule has 26 heavy (non-hydrogen) atoms. The van der Waals surface area contributed by atoms with E-state index >= 15 is 0 Å². The van der Waals surface area contributed by atoms with Gasteiger partial charge in [0.2, 0.25) is 5.88 Å². The molecule has 0 aliphatic rings. The Labute approximate surface area is 152 Å². The van der Waals surface area contributed by atoms with E-state index in [-0.39, 0.29) is 6.01 Å². The molecule has 0 aliphatic carbocycles. The van der Waals surface area contributed by atoms with Gasteiger partial charge in [0, 0.05) is 30.9 Å². The molecule has 136 valence electrons. The van der Waals surface area contributed by atoms with Crippen LogP contribution in [0.3, 0.4) is 0 Å². The highest BCUT2D eigenvalue weighted by Gasteiger charge is 2.12. The molecule has 0 radical (unpaired) electrons. The molecular formula is C19H22N4O3. The lowest BCUT2D eigenvalue weighted by atomic mass is 10.2. The summed E-state index contributed by atoms with van der Waals surface area (Å²) in [5.74, 6) is 1.94. The number of rotatable bonds is 8. The van der Waals surface area contributed by atoms with E-state index in [0.29, 0.717) is 23.9 Å². The van der Waals surface area contributed by atoms with Gasteiger partial charge >= 0.3 is 6.01 Å². The highest BCUT2D eigenvalue weighted by Crippen LogP contribution is 2.25. The van der Waals surface area contributed by atoms with E-state index in [1.54, 1.807) is 13.2 Å². The van der Waals surface area contributed by atoms with Crippen molar-refractivity contribution in [3.63, 3.8) is 0 Å². The van der Waals surface area contributed by atoms with Crippen molar-refractivity contribution in [1.82, 2.24) is 19.9 Å². The number of hydrogen-bond donors (Lipinski definition) is 0. The Morgan fingerprint density at radius 3 is 2.69 bits per heavy atom. The molecule has 7 heteroatoms. The number of ether oxygens (including phenoxy) is 2. The molecule has 3 rings (SSSR count). The minimum absolute atomic E-state index is 0.241. The molecule has 0 atom stereocenters. The van der Waals surface area contributed by atoms with Crippen molar-refractivity contribution < 1.29 is 13.9 Å². The molecule has 3 heterocycles. The lowest BCUT2D eigenvalue weighted by molar-refractivity contribution is 0.299. The van der Waals surface area contributed by atoms with Crippen molar-refractivity contribution in [2.75, 3.05) is 27.8 Å². The fraction of sp³-hybridized carbons (Fsp3) is 0.316. The molecule has 3 aromatic heterocycles. The third-order valence-corrected chi connectivity index (χ3v) is 3.89. The second kappa shape index (κ2) is 8.44. The molecule has 0 aliphatic heterocycles. The van der Waals surface area contributed by atoms with Gasteiger partial charge in [-0.05, 0) is 31.3 Å². The first-order valence-corrected chi connectivity index (χ1v) is 8.32. The van der Waals surface area contributed by atoms with Gasteiger partial charge in [0.1, 0.15) is 11.5 Å². The Morgan fingerprint density at radius 1 is 1.08 bits per heavy atom. The van der Waals surface area contributed by atoms with Gasteiger partial charge in [-0.3, -0.25) is 9.88 Å². The number of hydrogen-bond acceptors (Lipinski definition) is 7. The van der Waals surface area contributed by atoms with Gasteiger partial charge in [-0.2, -0.15) is 9.97 Å². The van der Waals surface area contributed by atoms with Crippen molar-refractivity contribution in [3.05, 3.63) is 54.0 Å². The summed E-state index contributed by atoms with van der Waals surface area (Å²) in [7, 11) is 5.13. The van der Waals surface area contributed by atoms with Gasteiger partial charge in [-0.1, -0.05) is 6.07 Å². The van der Waals surface area contributed by atoms with Crippen LogP contribution < -0.4 is 9.47 Å². The number of furan rings is 1. The van der Waals surface area contributed by atoms with Crippen LogP contribution in [-0.2, 0) is 13.0 Å². The summed E-state index contributed by atoms with van der Waals surface area (Å²) in [6.45, 7) is 1.59. The minimum atomic E-state index is 0.241. The number of aromatic nitrogens is 3. The lowest BCUT2D eigenvalue weighted by Gasteiger charge is -2.14. The summed E-state index contributed by atoms with van der Waals surface area (Å²) in [4.78, 5) is 14.9. The molecule has 0 spiro atoms. The summed E-state index contributed by atoms with van der Waals surface area (Å²) < 4.78 is 16.2. The normalized spacial score (nSPS) is 10.9. The van der Waals surface area contributed by atoms with Gasteiger partial charge in [-0.25, -0.2) is 0 Å². The first-order valence-electron chi connectivity index (χ1n) is 8.32. The first kappa shape index (κ1) is 17.9. The Kier molecular flexibility index (Phi) is 5.80. The van der Waals surface area contributed by atoms with Crippen molar-refractivity contribution >= 4 is 0 Å². The van der Waals surface area contributed by atoms with E-state index in [2.05, 4.69) is 26.9 Å². The maximum Gasteiger partial charge on any atom is 0.320 e. The van der Waals surface area contributed by atoms with Crippen LogP contribution in [0.25, 0.3) is 11.5 Å². The van der Waals surface area contributed by atoms with Crippen LogP contribution in [0, 0.1) is 0 Å². The standard InChI is InChI=1S/C19H22N4O3/c1-23(11-9-14-6-4-5-10-20-14)13-15-7-8-17(26-15)16-12-18(24-2)22-19(21-16)25-3/h4-8,10,12H,9,11,13H2,1-3H3. The smallest absolute Gasteiger partial charge is 0.320 e. The van der Waals surface area contributed by atoms with E-state index in [4.69, 9.17) is 13.9 Å². The van der Waals surface area contributed by atoms with Crippen molar-refractivity contribution in [2.24, 2.45) is 0 Å². The molecule has 0 amide bonds. The molecule has 0 aromatic carbocycles. The topological polar surface area (TPSA) is 73.5 Å². The molecule has 0 bridgehead atoms. The molecule has 0 unspecified atom stereocenters. The number of likely N-dealkylation sites (N-methyl/N-ethyl adjacent to an activating group) is 1. The quantitative estimate of drug-likeness (QED) is 0.616. The molecular weight excluding hydrogens is 332 g/mol. The predicted octanol–water partition coefficient (Wildman–Crippen LogP) is 2.82. The average molecular weight is 354 g/mol. The molecule has 3 aromatic rings. The van der Waals surface area contributed by atoms with E-state index < -0.39 is 0 Å². The average Bonchev–Trinajstić information content (AvgIpc) is 3.15. The third kappa shape index (κ3) is 4.58. The summed E-state index contributed by atoms with van der Waals surface area (Å²) >= 11 is 0. The fourth-order valence-corrected chi connectivity index (χ4v) is 2.52. The Hall–Kier alpha value is -2.93. The molecule has 7 nitrogen and oxygen atoms in total. The predicted molar refractivity (Wildman–Crippen MR) is 97.1 cm³/mol. The van der Waals surface area contributed by atoms with E-state index in [9.17, 15) is 0 Å². The zero-order valence-electron chi connectivity index (χ0n) is 15.2. The summed E-state index contributed by atoms with van der Waals surface area (Å²) in [5, 5.41) is 0. The van der Waals surface area contributed by atoms with E-state index in [1.165, 1.54) is 7.11 Å². The van der Waals surface area contributed by atoms with Gasteiger partial charge in [0.25, 0.3) is 0 Å². The van der Waals surface area contributed by atoms with Crippen LogP contribution in [0.1, 0.15) is 11.5 Å². The fourth-order valence-electron chi connectivity index (χ4n) is 2.52. The summed E-state index contributed by atoms with van der Waals surface area (Å²) in [5.41, 5.74) is 1.70. The SMILES string of the molecule is COc1cc(-c2ccc(CN(C)CCc3ccccn3)o2)nc(OC)n1. The second-order valence-corrected chi connectivity index (χ2v) is 5.86. The van der Waals surface area contributed by atoms with Crippen LogP contribution in [0.4, 0.5) is 0 Å². The van der Waals surface area contributed by atoms with Crippen LogP contribution in [0.2, 0.25) is 0 Å². The second-order valence-electron chi connectivity index (χ2n) is 5.86.